The Balaban J connectivity index is 1.22. The summed E-state index contributed by atoms with van der Waals surface area (Å²) < 4.78 is 10.7. The Morgan fingerprint density at radius 1 is 1.06 bits per heavy atom. The van der Waals surface area contributed by atoms with Crippen molar-refractivity contribution < 1.29 is 14.1 Å². The van der Waals surface area contributed by atoms with Gasteiger partial charge in [-0.25, -0.2) is 0 Å². The molecule has 3 aromatic rings. The van der Waals surface area contributed by atoms with E-state index in [0.717, 1.165) is 37.5 Å². The van der Waals surface area contributed by atoms with E-state index in [2.05, 4.69) is 44.3 Å². The van der Waals surface area contributed by atoms with Gasteiger partial charge in [0.05, 0.1) is 19.7 Å². The summed E-state index contributed by atoms with van der Waals surface area (Å²) in [4.78, 5) is 21.8. The first-order chi connectivity index (χ1) is 16.5. The van der Waals surface area contributed by atoms with Crippen molar-refractivity contribution in [2.24, 2.45) is 0 Å². The fraction of sp³-hybridized carbons (Fsp3) is 0.423. The summed E-state index contributed by atoms with van der Waals surface area (Å²) in [7, 11) is 1.64. The summed E-state index contributed by atoms with van der Waals surface area (Å²) in [5, 5.41) is 7.23. The lowest BCUT2D eigenvalue weighted by atomic mass is 10.0. The van der Waals surface area contributed by atoms with Crippen LogP contribution in [-0.4, -0.2) is 71.7 Å². The normalized spacial score (nSPS) is 16.7. The summed E-state index contributed by atoms with van der Waals surface area (Å²) >= 11 is 0. The molecule has 1 saturated heterocycles. The van der Waals surface area contributed by atoms with Crippen LogP contribution in [0.4, 0.5) is 0 Å². The fourth-order valence-corrected chi connectivity index (χ4v) is 4.14. The van der Waals surface area contributed by atoms with Crippen LogP contribution in [0.2, 0.25) is 0 Å². The minimum Gasteiger partial charge on any atom is -0.497 e. The summed E-state index contributed by atoms with van der Waals surface area (Å²) in [6, 6.07) is 17.7. The maximum atomic E-state index is 12.7. The van der Waals surface area contributed by atoms with E-state index in [4.69, 9.17) is 9.26 Å². The Bertz CT molecular complexity index is 1050. The van der Waals surface area contributed by atoms with Gasteiger partial charge in [0.1, 0.15) is 5.75 Å². The van der Waals surface area contributed by atoms with Gasteiger partial charge in [-0.05, 0) is 42.7 Å². The zero-order valence-electron chi connectivity index (χ0n) is 20.1. The first kappa shape index (κ1) is 23.9. The molecule has 0 spiro atoms. The number of carbonyl (C=O) groups is 1. The van der Waals surface area contributed by atoms with Crippen LogP contribution in [-0.2, 0) is 11.3 Å². The predicted molar refractivity (Wildman–Crippen MR) is 130 cm³/mol. The van der Waals surface area contributed by atoms with E-state index >= 15 is 0 Å². The Labute approximate surface area is 200 Å². The monoisotopic (exact) mass is 463 g/mol. The quantitative estimate of drug-likeness (QED) is 0.522. The molecule has 1 amide bonds. The number of hydrogen-bond donors (Lipinski definition) is 1. The first-order valence-corrected chi connectivity index (χ1v) is 11.8. The maximum Gasteiger partial charge on any atom is 0.241 e. The van der Waals surface area contributed by atoms with Crippen molar-refractivity contribution in [3.63, 3.8) is 0 Å². The Morgan fingerprint density at radius 2 is 1.76 bits per heavy atom. The summed E-state index contributed by atoms with van der Waals surface area (Å²) in [5.74, 6) is 2.33. The molecule has 2 unspecified atom stereocenters. The number of nitrogens with zero attached hydrogens (tertiary/aromatic N) is 4. The smallest absolute Gasteiger partial charge is 0.241 e. The summed E-state index contributed by atoms with van der Waals surface area (Å²) in [6.07, 6.45) is 0. The lowest BCUT2D eigenvalue weighted by Gasteiger charge is -2.36. The van der Waals surface area contributed by atoms with Gasteiger partial charge < -0.3 is 14.6 Å². The maximum absolute atomic E-state index is 12.7. The molecular formula is C26H33N5O3. The van der Waals surface area contributed by atoms with Gasteiger partial charge in [-0.15, -0.1) is 0 Å². The van der Waals surface area contributed by atoms with Gasteiger partial charge in [0, 0.05) is 38.3 Å². The fourth-order valence-electron chi connectivity index (χ4n) is 4.14. The average Bonchev–Trinajstić information content (AvgIpc) is 3.36. The lowest BCUT2D eigenvalue weighted by Crippen LogP contribution is -2.53. The van der Waals surface area contributed by atoms with Gasteiger partial charge in [-0.1, -0.05) is 42.4 Å². The topological polar surface area (TPSA) is 83.7 Å². The predicted octanol–water partition coefficient (Wildman–Crippen LogP) is 3.17. The van der Waals surface area contributed by atoms with Crippen molar-refractivity contribution in [3.8, 4) is 17.1 Å². The number of amides is 1. The summed E-state index contributed by atoms with van der Waals surface area (Å²) in [5.41, 5.74) is 2.13. The van der Waals surface area contributed by atoms with Gasteiger partial charge in [-0.2, -0.15) is 4.98 Å². The molecule has 1 aromatic heterocycles. The average molecular weight is 464 g/mol. The SMILES string of the molecule is COc1ccc(-c2noc(CN3CCN(C(C)C(=O)NCC(C)c4ccccc4)CC3)n2)cc1. The molecule has 0 saturated carbocycles. The van der Waals surface area contributed by atoms with Crippen LogP contribution in [0.5, 0.6) is 5.75 Å². The molecule has 1 aliphatic rings. The van der Waals surface area contributed by atoms with Crippen molar-refractivity contribution in [1.82, 2.24) is 25.3 Å². The molecule has 1 N–H and O–H groups in total. The van der Waals surface area contributed by atoms with Crippen LogP contribution in [0.1, 0.15) is 31.2 Å². The van der Waals surface area contributed by atoms with Crippen LogP contribution in [0.15, 0.2) is 59.1 Å². The van der Waals surface area contributed by atoms with E-state index in [0.29, 0.717) is 24.8 Å². The number of aromatic nitrogens is 2. The van der Waals surface area contributed by atoms with Crippen molar-refractivity contribution in [2.45, 2.75) is 32.4 Å². The summed E-state index contributed by atoms with van der Waals surface area (Å²) in [6.45, 7) is 8.70. The molecule has 1 aliphatic heterocycles. The molecule has 0 radical (unpaired) electrons. The van der Waals surface area contributed by atoms with Crippen molar-refractivity contribution in [3.05, 3.63) is 66.1 Å². The standard InChI is InChI=1S/C26H33N5O3/c1-19(21-7-5-4-6-8-21)17-27-26(32)20(2)31-15-13-30(14-16-31)18-24-28-25(29-34-24)22-9-11-23(33-3)12-10-22/h4-12,19-20H,13-18H2,1-3H3,(H,27,32). The molecule has 2 heterocycles. The highest BCUT2D eigenvalue weighted by molar-refractivity contribution is 5.81. The largest absolute Gasteiger partial charge is 0.497 e. The van der Waals surface area contributed by atoms with E-state index in [-0.39, 0.29) is 17.9 Å². The molecule has 4 rings (SSSR count). The van der Waals surface area contributed by atoms with Gasteiger partial charge in [-0.3, -0.25) is 14.6 Å². The van der Waals surface area contributed by atoms with Crippen LogP contribution >= 0.6 is 0 Å². The van der Waals surface area contributed by atoms with Crippen molar-refractivity contribution >= 4 is 5.91 Å². The zero-order chi connectivity index (χ0) is 23.9. The zero-order valence-corrected chi connectivity index (χ0v) is 20.1. The second-order valence-corrected chi connectivity index (χ2v) is 8.79. The highest BCUT2D eigenvalue weighted by atomic mass is 16.5. The Kier molecular flexibility index (Phi) is 7.92. The third-order valence-corrected chi connectivity index (χ3v) is 6.46. The molecule has 34 heavy (non-hydrogen) atoms. The Hall–Kier alpha value is -3.23. The van der Waals surface area contributed by atoms with Crippen LogP contribution in [0.3, 0.4) is 0 Å². The van der Waals surface area contributed by atoms with E-state index in [1.165, 1.54) is 5.56 Å². The minimum atomic E-state index is -0.157. The number of hydrogen-bond acceptors (Lipinski definition) is 7. The van der Waals surface area contributed by atoms with Gasteiger partial charge >= 0.3 is 0 Å². The molecular weight excluding hydrogens is 430 g/mol. The number of rotatable bonds is 9. The molecule has 0 aliphatic carbocycles. The Morgan fingerprint density at radius 3 is 2.44 bits per heavy atom. The second kappa shape index (κ2) is 11.3. The molecule has 8 nitrogen and oxygen atoms in total. The number of nitrogens with one attached hydrogen (secondary N) is 1. The molecule has 2 atom stereocenters. The number of methoxy groups -OCH3 is 1. The number of piperazine rings is 1. The van der Waals surface area contributed by atoms with Crippen LogP contribution in [0.25, 0.3) is 11.4 Å². The van der Waals surface area contributed by atoms with Crippen LogP contribution < -0.4 is 10.1 Å². The molecule has 180 valence electrons. The molecule has 8 heteroatoms. The molecule has 1 fully saturated rings. The third kappa shape index (κ3) is 6.01. The van der Waals surface area contributed by atoms with E-state index in [1.807, 2.05) is 49.4 Å². The minimum absolute atomic E-state index is 0.0808. The lowest BCUT2D eigenvalue weighted by molar-refractivity contribution is -0.126. The van der Waals surface area contributed by atoms with Gasteiger partial charge in [0.25, 0.3) is 0 Å². The second-order valence-electron chi connectivity index (χ2n) is 8.79. The van der Waals surface area contributed by atoms with E-state index in [9.17, 15) is 4.79 Å². The van der Waals surface area contributed by atoms with Gasteiger partial charge in [0.2, 0.25) is 17.6 Å². The molecule has 0 bridgehead atoms. The highest BCUT2D eigenvalue weighted by Gasteiger charge is 2.26. The van der Waals surface area contributed by atoms with Crippen molar-refractivity contribution in [1.29, 1.82) is 0 Å². The number of carbonyl (C=O) groups excluding carboxylic acids is 1. The van der Waals surface area contributed by atoms with Crippen LogP contribution in [0, 0.1) is 0 Å². The third-order valence-electron chi connectivity index (χ3n) is 6.46. The molecule has 2 aromatic carbocycles. The van der Waals surface area contributed by atoms with Gasteiger partial charge in [0.15, 0.2) is 0 Å². The first-order valence-electron chi connectivity index (χ1n) is 11.8. The number of ether oxygens (including phenoxy) is 1. The highest BCUT2D eigenvalue weighted by Crippen LogP contribution is 2.20. The van der Waals surface area contributed by atoms with E-state index < -0.39 is 0 Å². The van der Waals surface area contributed by atoms with E-state index in [1.54, 1.807) is 7.11 Å². The number of benzene rings is 2. The van der Waals surface area contributed by atoms with Crippen molar-refractivity contribution in [2.75, 3.05) is 39.8 Å².